The van der Waals surface area contributed by atoms with E-state index in [0.717, 1.165) is 5.02 Å². The third-order valence-electron chi connectivity index (χ3n) is 6.27. The Bertz CT molecular complexity index is 1400. The number of hydrogen-bond acceptors (Lipinski definition) is 0. The second kappa shape index (κ2) is 17.2. The molecule has 6 aromatic carbocycles. The summed E-state index contributed by atoms with van der Waals surface area (Å²) in [6.45, 7) is 13.7. The van der Waals surface area contributed by atoms with Crippen LogP contribution in [0.4, 0.5) is 0 Å². The molecule has 0 aromatic heterocycles. The molecule has 0 aliphatic carbocycles. The van der Waals surface area contributed by atoms with E-state index in [2.05, 4.69) is 100 Å². The van der Waals surface area contributed by atoms with E-state index in [1.54, 1.807) is 6.07 Å². The zero-order valence-corrected chi connectivity index (χ0v) is 28.4. The number of benzene rings is 4. The van der Waals surface area contributed by atoms with Crippen molar-refractivity contribution in [3.05, 3.63) is 156 Å². The van der Waals surface area contributed by atoms with E-state index < -0.39 is 0 Å². The van der Waals surface area contributed by atoms with Crippen molar-refractivity contribution < 1.29 is 24.2 Å². The number of hydrogen-bond donors (Lipinski definition) is 0. The van der Waals surface area contributed by atoms with Gasteiger partial charge in [0.25, 0.3) is 0 Å². The second-order valence-electron chi connectivity index (χ2n) is 11.5. The molecule has 41 heavy (non-hydrogen) atoms. The maximum Gasteiger partial charge on any atom is -0.171 e. The number of rotatable bonds is 0. The Morgan fingerprint density at radius 3 is 1.39 bits per heavy atom. The van der Waals surface area contributed by atoms with Gasteiger partial charge in [-0.05, 0) is 10.8 Å². The smallest absolute Gasteiger partial charge is 0.171 e. The van der Waals surface area contributed by atoms with Gasteiger partial charge in [-0.2, -0.15) is 96.5 Å². The molecule has 0 saturated carbocycles. The van der Waals surface area contributed by atoms with E-state index in [4.69, 9.17) is 11.6 Å². The standard InChI is InChI=1S/C21H25.C6H4Cl.C6H5.C5H5.CH2.Zr/c1-20(2,3)16-9-7-14-11-15-8-10-17(21(4,5)6)13-19(15)18(14)12-16;7-6-4-2-1-3-5-6;1-2-4-6-5-3-1;1-2-4-5-3-1;;/h7-13H,1-6H3;1-2,4-5H;1-5H;1-5H;1H2;/q4*-1;;. The van der Waals surface area contributed by atoms with Gasteiger partial charge in [0.1, 0.15) is 0 Å². The van der Waals surface area contributed by atoms with Crippen LogP contribution in [0.1, 0.15) is 52.7 Å². The fourth-order valence-electron chi connectivity index (χ4n) is 3.97. The first-order valence-electron chi connectivity index (χ1n) is 13.7. The SMILES string of the molecule is CC(C)(C)c1ccc2[cH-]c3ccc(C(C)(C)C)cc3c2c1.Clc1c[c-]ccc1.[CH2]=[Zr].[c-]1ccccc1.c1cc[cH-]c1. The van der Waals surface area contributed by atoms with Crippen LogP contribution in [0.3, 0.4) is 0 Å². The summed E-state index contributed by atoms with van der Waals surface area (Å²) in [6.07, 6.45) is 0. The van der Waals surface area contributed by atoms with Crippen LogP contribution >= 0.6 is 11.6 Å². The van der Waals surface area contributed by atoms with Crippen molar-refractivity contribution in [2.45, 2.75) is 52.4 Å². The molecule has 0 atom stereocenters. The molecule has 212 valence electrons. The maximum atomic E-state index is 5.51. The summed E-state index contributed by atoms with van der Waals surface area (Å²) >= 11 is 6.81. The Labute approximate surface area is 268 Å². The second-order valence-corrected chi connectivity index (χ2v) is 11.9. The summed E-state index contributed by atoms with van der Waals surface area (Å²) in [4.78, 5) is 0. The summed E-state index contributed by atoms with van der Waals surface area (Å²) in [5.41, 5.74) is 3.20. The molecular weight excluding hydrogens is 595 g/mol. The zero-order valence-electron chi connectivity index (χ0n) is 25.2. The van der Waals surface area contributed by atoms with Crippen molar-refractivity contribution in [2.24, 2.45) is 0 Å². The molecule has 0 aliphatic rings. The largest absolute Gasteiger partial charge is 0.214 e. The molecule has 0 bridgehead atoms. The number of fused-ring (bicyclic) bond motifs is 3. The van der Waals surface area contributed by atoms with Crippen LogP contribution in [0.15, 0.2) is 127 Å². The van der Waals surface area contributed by atoms with E-state index >= 15 is 0 Å². The normalized spacial score (nSPS) is 10.5. The minimum atomic E-state index is 0.194. The summed E-state index contributed by atoms with van der Waals surface area (Å²) in [6, 6.07) is 48.7. The summed E-state index contributed by atoms with van der Waals surface area (Å²) in [5, 5.41) is 6.22. The summed E-state index contributed by atoms with van der Waals surface area (Å²) < 4.78 is 3.34. The molecule has 0 spiro atoms. The Kier molecular flexibility index (Phi) is 14.4. The van der Waals surface area contributed by atoms with Gasteiger partial charge in [-0.3, -0.25) is 0 Å². The molecule has 0 fully saturated rings. The van der Waals surface area contributed by atoms with Gasteiger partial charge in [0.15, 0.2) is 0 Å². The van der Waals surface area contributed by atoms with Gasteiger partial charge in [-0.15, -0.1) is 39.7 Å². The van der Waals surface area contributed by atoms with E-state index in [1.165, 1.54) is 56.9 Å². The average molecular weight is 636 g/mol. The van der Waals surface area contributed by atoms with Crippen LogP contribution in [0, 0.1) is 12.1 Å². The van der Waals surface area contributed by atoms with Gasteiger partial charge in [0.2, 0.25) is 0 Å². The third-order valence-corrected chi connectivity index (χ3v) is 6.51. The molecule has 0 N–H and O–H groups in total. The first kappa shape index (κ1) is 34.3. The van der Waals surface area contributed by atoms with Gasteiger partial charge in [0, 0.05) is 0 Å². The minimum Gasteiger partial charge on any atom is -0.214 e. The van der Waals surface area contributed by atoms with Crippen molar-refractivity contribution in [2.75, 3.05) is 0 Å². The predicted octanol–water partition coefficient (Wildman–Crippen LogP) is 11.3. The van der Waals surface area contributed by atoms with Crippen LogP contribution in [0.25, 0.3) is 21.5 Å². The summed E-state index contributed by atoms with van der Waals surface area (Å²) in [5.74, 6) is 0. The van der Waals surface area contributed by atoms with E-state index in [9.17, 15) is 0 Å². The van der Waals surface area contributed by atoms with Crippen molar-refractivity contribution >= 4 is 37.4 Å². The van der Waals surface area contributed by atoms with Crippen LogP contribution in [0.5, 0.6) is 0 Å². The topological polar surface area (TPSA) is 0 Å². The molecule has 0 heterocycles. The molecule has 0 amide bonds. The first-order chi connectivity index (χ1) is 19.6. The number of halogens is 1. The fourth-order valence-corrected chi connectivity index (χ4v) is 4.10. The van der Waals surface area contributed by atoms with E-state index in [-0.39, 0.29) is 10.8 Å². The molecule has 6 rings (SSSR count). The molecular formula is C39H41ClZr-4. The monoisotopic (exact) mass is 634 g/mol. The van der Waals surface area contributed by atoms with Gasteiger partial charge < -0.3 is 0 Å². The van der Waals surface area contributed by atoms with E-state index in [0.29, 0.717) is 0 Å². The van der Waals surface area contributed by atoms with Crippen LogP contribution in [-0.2, 0) is 35.1 Å². The van der Waals surface area contributed by atoms with Crippen LogP contribution in [-0.4, -0.2) is 4.21 Å². The third kappa shape index (κ3) is 11.9. The average Bonchev–Trinajstić information content (AvgIpc) is 3.67. The van der Waals surface area contributed by atoms with E-state index in [1.807, 2.05) is 78.9 Å². The minimum absolute atomic E-state index is 0.194. The first-order valence-corrected chi connectivity index (χ1v) is 15.9. The maximum absolute atomic E-state index is 5.51. The zero-order chi connectivity index (χ0) is 30.3. The Hall–Kier alpha value is -2.86. The molecule has 0 unspecified atom stereocenters. The predicted molar refractivity (Wildman–Crippen MR) is 179 cm³/mol. The molecule has 2 heteroatoms. The van der Waals surface area contributed by atoms with Gasteiger partial charge in [-0.25, -0.2) is 12.1 Å². The van der Waals surface area contributed by atoms with Crippen molar-refractivity contribution in [1.29, 1.82) is 0 Å². The van der Waals surface area contributed by atoms with Crippen molar-refractivity contribution in [1.82, 2.24) is 0 Å². The Morgan fingerprint density at radius 2 is 1.12 bits per heavy atom. The molecule has 0 radical (unpaired) electrons. The van der Waals surface area contributed by atoms with Gasteiger partial charge in [-0.1, -0.05) is 82.0 Å². The summed E-state index contributed by atoms with van der Waals surface area (Å²) in [7, 11) is 0. The Morgan fingerprint density at radius 1 is 0.634 bits per heavy atom. The quantitative estimate of drug-likeness (QED) is 0.146. The molecule has 6 aromatic rings. The van der Waals surface area contributed by atoms with Crippen molar-refractivity contribution in [3.8, 4) is 0 Å². The molecule has 0 nitrogen and oxygen atoms in total. The van der Waals surface area contributed by atoms with Gasteiger partial charge in [0.05, 0.1) is 0 Å². The Balaban J connectivity index is 0.000000237. The fraction of sp³-hybridized carbons (Fsp3) is 0.205. The van der Waals surface area contributed by atoms with Gasteiger partial charge >= 0.3 is 28.4 Å². The van der Waals surface area contributed by atoms with Crippen LogP contribution in [0.2, 0.25) is 5.02 Å². The van der Waals surface area contributed by atoms with Crippen LogP contribution < -0.4 is 0 Å². The molecule has 0 aliphatic heterocycles. The molecule has 0 saturated heterocycles. The van der Waals surface area contributed by atoms with Crippen molar-refractivity contribution in [3.63, 3.8) is 0 Å².